The van der Waals surface area contributed by atoms with Crippen LogP contribution in [0.4, 0.5) is 0 Å². The molecule has 8 N–H and O–H groups in total. The second-order valence-corrected chi connectivity index (χ2v) is 6.33. The highest BCUT2D eigenvalue weighted by Gasteiger charge is 2.44. The summed E-state index contributed by atoms with van der Waals surface area (Å²) in [5.41, 5.74) is 0. The van der Waals surface area contributed by atoms with Crippen LogP contribution < -0.4 is 0 Å². The summed E-state index contributed by atoms with van der Waals surface area (Å²) < 4.78 is 29.6. The van der Waals surface area contributed by atoms with Crippen molar-refractivity contribution in [3.63, 3.8) is 0 Å². The van der Waals surface area contributed by atoms with Crippen LogP contribution in [0.15, 0.2) is 0 Å². The minimum Gasteiger partial charge on any atom is -0.394 e. The summed E-state index contributed by atoms with van der Waals surface area (Å²) in [6, 6.07) is 0. The number of ketones is 1. The van der Waals surface area contributed by atoms with Crippen LogP contribution in [0.1, 0.15) is 0 Å². The predicted octanol–water partition coefficient (Wildman–Crippen LogP) is -3.78. The number of hydrogen-bond acceptors (Lipinski definition) is 9. The van der Waals surface area contributed by atoms with Crippen LogP contribution in [-0.4, -0.2) is 83.4 Å². The van der Waals surface area contributed by atoms with Crippen molar-refractivity contribution >= 4 is 21.4 Å². The standard InChI is InChI=1S/C7H16O13P2/c8-1-3(10)5(12)7(20-22(16,17)18)6(4(11)2-9)19-21(13,14)15/h3,5-10,12H,1-2H2,(H2,13,14,15)(H2,16,17,18)/t3-,5-,6-,7-/m1/s1. The molecule has 0 spiro atoms. The zero-order chi connectivity index (χ0) is 17.7. The van der Waals surface area contributed by atoms with Crippen LogP contribution in [0.25, 0.3) is 0 Å². The van der Waals surface area contributed by atoms with Crippen molar-refractivity contribution < 1.29 is 63.0 Å². The molecular weight excluding hydrogens is 354 g/mol. The normalized spacial score (nSPS) is 18.5. The van der Waals surface area contributed by atoms with E-state index >= 15 is 0 Å². The first kappa shape index (κ1) is 21.7. The Morgan fingerprint density at radius 2 is 1.41 bits per heavy atom. The first-order chi connectivity index (χ1) is 9.82. The maximum absolute atomic E-state index is 11.4. The summed E-state index contributed by atoms with van der Waals surface area (Å²) in [6.07, 6.45) is -9.50. The molecule has 0 aromatic rings. The summed E-state index contributed by atoms with van der Waals surface area (Å²) in [5, 5.41) is 36.2. The smallest absolute Gasteiger partial charge is 0.394 e. The average molecular weight is 370 g/mol. The van der Waals surface area contributed by atoms with Gasteiger partial charge in [-0.15, -0.1) is 0 Å². The molecule has 0 aliphatic heterocycles. The van der Waals surface area contributed by atoms with Gasteiger partial charge >= 0.3 is 15.6 Å². The molecule has 132 valence electrons. The van der Waals surface area contributed by atoms with Crippen molar-refractivity contribution in [1.82, 2.24) is 0 Å². The van der Waals surface area contributed by atoms with Crippen molar-refractivity contribution in [2.75, 3.05) is 13.2 Å². The van der Waals surface area contributed by atoms with E-state index in [9.17, 15) is 24.1 Å². The van der Waals surface area contributed by atoms with Gasteiger partial charge in [-0.25, -0.2) is 9.13 Å². The predicted molar refractivity (Wildman–Crippen MR) is 65.0 cm³/mol. The first-order valence-corrected chi connectivity index (χ1v) is 8.47. The summed E-state index contributed by atoms with van der Waals surface area (Å²) in [5.74, 6) is -1.51. The Labute approximate surface area is 123 Å². The molecular formula is C7H16O13P2. The maximum Gasteiger partial charge on any atom is 0.470 e. The third-order valence-electron chi connectivity index (χ3n) is 2.20. The molecule has 0 radical (unpaired) electrons. The van der Waals surface area contributed by atoms with Gasteiger partial charge in [-0.05, 0) is 0 Å². The van der Waals surface area contributed by atoms with E-state index in [4.69, 9.17) is 29.8 Å². The van der Waals surface area contributed by atoms with E-state index in [0.29, 0.717) is 0 Å². The average Bonchev–Trinajstić information content (AvgIpc) is 2.37. The molecule has 0 bridgehead atoms. The SMILES string of the molecule is O=C(CO)[C@@H](OP(=O)(O)O)[C@H](OP(=O)(O)O)[C@H](O)[C@H](O)CO. The number of carbonyl (C=O) groups excluding carboxylic acids is 1. The Hall–Kier alpha value is -0.270. The van der Waals surface area contributed by atoms with Gasteiger partial charge < -0.3 is 40.0 Å². The second kappa shape index (κ2) is 8.55. The minimum atomic E-state index is -5.42. The van der Waals surface area contributed by atoms with Crippen LogP contribution in [0.2, 0.25) is 0 Å². The number of rotatable bonds is 10. The number of phosphoric ester groups is 2. The lowest BCUT2D eigenvalue weighted by atomic mass is 10.0. The second-order valence-electron chi connectivity index (χ2n) is 3.94. The van der Waals surface area contributed by atoms with Crippen molar-refractivity contribution in [3.8, 4) is 0 Å². The Kier molecular flexibility index (Phi) is 8.44. The quantitative estimate of drug-likeness (QED) is 0.173. The third-order valence-corrected chi connectivity index (χ3v) is 3.22. The molecule has 0 aliphatic carbocycles. The topological polar surface area (TPSA) is 232 Å². The number of aliphatic hydroxyl groups is 4. The van der Waals surface area contributed by atoms with Gasteiger partial charge in [-0.3, -0.25) is 13.8 Å². The van der Waals surface area contributed by atoms with E-state index in [1.165, 1.54) is 0 Å². The maximum atomic E-state index is 11.4. The number of Topliss-reactive ketones (excluding diaryl/α,β-unsaturated/α-hetero) is 1. The Bertz CT molecular complexity index is 453. The van der Waals surface area contributed by atoms with E-state index in [0.717, 1.165) is 0 Å². The van der Waals surface area contributed by atoms with Gasteiger partial charge in [-0.1, -0.05) is 0 Å². The first-order valence-electron chi connectivity index (χ1n) is 5.41. The number of aliphatic hydroxyl groups excluding tert-OH is 4. The fourth-order valence-corrected chi connectivity index (χ4v) is 2.41. The highest BCUT2D eigenvalue weighted by atomic mass is 31.2. The zero-order valence-electron chi connectivity index (χ0n) is 10.7. The van der Waals surface area contributed by atoms with Crippen LogP contribution >= 0.6 is 15.6 Å². The molecule has 0 saturated carbocycles. The van der Waals surface area contributed by atoms with Crippen LogP contribution in [0, 0.1) is 0 Å². The lowest BCUT2D eigenvalue weighted by Crippen LogP contribution is -2.51. The lowest BCUT2D eigenvalue weighted by molar-refractivity contribution is -0.146. The summed E-state index contributed by atoms with van der Waals surface area (Å²) in [6.45, 7) is -2.52. The van der Waals surface area contributed by atoms with Gasteiger partial charge in [0.05, 0.1) is 6.61 Å². The van der Waals surface area contributed by atoms with Crippen LogP contribution in [-0.2, 0) is 23.0 Å². The largest absolute Gasteiger partial charge is 0.470 e. The fraction of sp³-hybridized carbons (Fsp3) is 0.857. The van der Waals surface area contributed by atoms with E-state index in [-0.39, 0.29) is 0 Å². The van der Waals surface area contributed by atoms with Gasteiger partial charge in [0.2, 0.25) is 0 Å². The van der Waals surface area contributed by atoms with Gasteiger partial charge in [0.25, 0.3) is 0 Å². The molecule has 4 atom stereocenters. The Balaban J connectivity index is 5.67. The summed E-state index contributed by atoms with van der Waals surface area (Å²) in [4.78, 5) is 46.2. The molecule has 0 aromatic heterocycles. The molecule has 0 saturated heterocycles. The molecule has 0 aromatic carbocycles. The molecule has 15 heteroatoms. The molecule has 0 unspecified atom stereocenters. The van der Waals surface area contributed by atoms with Crippen LogP contribution in [0.3, 0.4) is 0 Å². The lowest BCUT2D eigenvalue weighted by Gasteiger charge is -2.31. The van der Waals surface area contributed by atoms with Gasteiger partial charge in [-0.2, -0.15) is 0 Å². The monoisotopic (exact) mass is 370 g/mol. The number of hydrogen-bond donors (Lipinski definition) is 8. The van der Waals surface area contributed by atoms with Gasteiger partial charge in [0, 0.05) is 0 Å². The molecule has 0 fully saturated rings. The van der Waals surface area contributed by atoms with Crippen LogP contribution in [0.5, 0.6) is 0 Å². The van der Waals surface area contributed by atoms with E-state index in [2.05, 4.69) is 9.05 Å². The highest BCUT2D eigenvalue weighted by Crippen LogP contribution is 2.44. The minimum absolute atomic E-state index is 1.14. The van der Waals surface area contributed by atoms with Gasteiger partial charge in [0.1, 0.15) is 24.9 Å². The zero-order valence-corrected chi connectivity index (χ0v) is 12.5. The van der Waals surface area contributed by atoms with E-state index < -0.39 is 59.1 Å². The molecule has 0 aliphatic rings. The summed E-state index contributed by atoms with van der Waals surface area (Å²) >= 11 is 0. The fourth-order valence-electron chi connectivity index (χ4n) is 1.32. The third kappa shape index (κ3) is 7.83. The molecule has 22 heavy (non-hydrogen) atoms. The Morgan fingerprint density at radius 3 is 1.73 bits per heavy atom. The van der Waals surface area contributed by atoms with Crippen molar-refractivity contribution in [2.45, 2.75) is 24.4 Å². The van der Waals surface area contributed by atoms with Gasteiger partial charge in [0.15, 0.2) is 11.9 Å². The Morgan fingerprint density at radius 1 is 0.955 bits per heavy atom. The molecule has 0 amide bonds. The van der Waals surface area contributed by atoms with Crippen molar-refractivity contribution in [1.29, 1.82) is 0 Å². The van der Waals surface area contributed by atoms with E-state index in [1.807, 2.05) is 0 Å². The molecule has 0 rings (SSSR count). The summed E-state index contributed by atoms with van der Waals surface area (Å²) in [7, 11) is -10.8. The number of carbonyl (C=O) groups is 1. The van der Waals surface area contributed by atoms with E-state index in [1.54, 1.807) is 0 Å². The van der Waals surface area contributed by atoms with Crippen molar-refractivity contribution in [2.24, 2.45) is 0 Å². The molecule has 0 heterocycles. The number of phosphoric acid groups is 2. The highest BCUT2D eigenvalue weighted by molar-refractivity contribution is 7.46. The van der Waals surface area contributed by atoms with Crippen molar-refractivity contribution in [3.05, 3.63) is 0 Å². The molecule has 13 nitrogen and oxygen atoms in total.